The second kappa shape index (κ2) is 7.12. The first-order chi connectivity index (χ1) is 11.7. The Hall–Kier alpha value is -2.89. The molecular weight excluding hydrogens is 306 g/mol. The van der Waals surface area contributed by atoms with Gasteiger partial charge in [0.1, 0.15) is 5.69 Å². The van der Waals surface area contributed by atoms with Crippen molar-refractivity contribution in [2.45, 2.75) is 26.8 Å². The van der Waals surface area contributed by atoms with Gasteiger partial charge < -0.3 is 13.7 Å². The summed E-state index contributed by atoms with van der Waals surface area (Å²) in [5.41, 5.74) is 1.87. The number of benzene rings is 1. The van der Waals surface area contributed by atoms with Crippen molar-refractivity contribution < 1.29 is 13.9 Å². The molecule has 0 saturated carbocycles. The highest BCUT2D eigenvalue weighted by molar-refractivity contribution is 5.86. The van der Waals surface area contributed by atoms with Gasteiger partial charge in [0.2, 0.25) is 5.89 Å². The van der Waals surface area contributed by atoms with Gasteiger partial charge in [-0.3, -0.25) is 0 Å². The maximum absolute atomic E-state index is 11.5. The number of para-hydroxylation sites is 1. The molecule has 0 bridgehead atoms. The smallest absolute Gasteiger partial charge is 0.330 e. The minimum absolute atomic E-state index is 0.346. The summed E-state index contributed by atoms with van der Waals surface area (Å²) in [6.07, 6.45) is 3.90. The van der Waals surface area contributed by atoms with E-state index in [1.54, 1.807) is 13.0 Å². The number of aryl methyl sites for hydroxylation is 1. The molecule has 0 unspecified atom stereocenters. The Kier molecular flexibility index (Phi) is 4.74. The first-order valence-corrected chi connectivity index (χ1v) is 7.97. The van der Waals surface area contributed by atoms with Gasteiger partial charge in [0.25, 0.3) is 5.89 Å². The fraction of sp³-hybridized carbons (Fsp3) is 0.278. The minimum Gasteiger partial charge on any atom is -0.463 e. The van der Waals surface area contributed by atoms with Crippen LogP contribution in [0, 0.1) is 0 Å². The highest BCUT2D eigenvalue weighted by Gasteiger charge is 2.15. The largest absolute Gasteiger partial charge is 0.463 e. The number of fused-ring (bicyclic) bond motifs is 1. The van der Waals surface area contributed by atoms with Crippen LogP contribution < -0.4 is 0 Å². The van der Waals surface area contributed by atoms with Crippen LogP contribution in [0.1, 0.15) is 19.7 Å². The second-order valence-corrected chi connectivity index (χ2v) is 5.21. The number of rotatable bonds is 6. The Balaban J connectivity index is 1.97. The lowest BCUT2D eigenvalue weighted by atomic mass is 10.2. The van der Waals surface area contributed by atoms with E-state index < -0.39 is 0 Å². The summed E-state index contributed by atoms with van der Waals surface area (Å²) in [6, 6.07) is 10.0. The van der Waals surface area contributed by atoms with Crippen molar-refractivity contribution in [2.75, 3.05) is 6.61 Å². The summed E-state index contributed by atoms with van der Waals surface area (Å²) < 4.78 is 12.6. The molecule has 6 nitrogen and oxygen atoms in total. The van der Waals surface area contributed by atoms with E-state index in [0.29, 0.717) is 31.4 Å². The number of esters is 1. The molecule has 0 aliphatic carbocycles. The van der Waals surface area contributed by atoms with Gasteiger partial charge in [0.05, 0.1) is 6.61 Å². The van der Waals surface area contributed by atoms with Gasteiger partial charge in [-0.2, -0.15) is 0 Å². The Morgan fingerprint density at radius 1 is 1.29 bits per heavy atom. The molecule has 124 valence electrons. The van der Waals surface area contributed by atoms with Gasteiger partial charge in [-0.15, -0.1) is 10.2 Å². The zero-order valence-corrected chi connectivity index (χ0v) is 13.7. The van der Waals surface area contributed by atoms with E-state index in [0.717, 1.165) is 16.6 Å². The molecule has 1 aromatic carbocycles. The Labute approximate surface area is 139 Å². The van der Waals surface area contributed by atoms with E-state index in [1.807, 2.05) is 41.8 Å². The molecule has 2 aromatic heterocycles. The summed E-state index contributed by atoms with van der Waals surface area (Å²) in [4.78, 5) is 11.5. The van der Waals surface area contributed by atoms with Crippen molar-refractivity contribution in [3.63, 3.8) is 0 Å². The van der Waals surface area contributed by atoms with Crippen LogP contribution in [0.4, 0.5) is 0 Å². The summed E-state index contributed by atoms with van der Waals surface area (Å²) in [7, 11) is 0. The first kappa shape index (κ1) is 16.0. The lowest BCUT2D eigenvalue weighted by molar-refractivity contribution is -0.137. The first-order valence-electron chi connectivity index (χ1n) is 7.97. The zero-order valence-electron chi connectivity index (χ0n) is 13.7. The molecule has 6 heteroatoms. The SMILES string of the molecule is CCOC(=O)/C=C/Cn1c(-c2nnc(CC)o2)cc2ccccc21. The molecule has 3 rings (SSSR count). The Bertz CT molecular complexity index is 877. The molecule has 0 atom stereocenters. The molecule has 0 aliphatic heterocycles. The van der Waals surface area contributed by atoms with E-state index in [-0.39, 0.29) is 5.97 Å². The maximum atomic E-state index is 11.5. The fourth-order valence-corrected chi connectivity index (χ4v) is 2.53. The van der Waals surface area contributed by atoms with Crippen LogP contribution in [0.2, 0.25) is 0 Å². The number of aromatic nitrogens is 3. The number of allylic oxidation sites excluding steroid dienone is 1. The predicted octanol–water partition coefficient (Wildman–Crippen LogP) is 3.37. The molecule has 0 saturated heterocycles. The van der Waals surface area contributed by atoms with Crippen LogP contribution in [0.3, 0.4) is 0 Å². The molecule has 0 amide bonds. The number of hydrogen-bond donors (Lipinski definition) is 0. The zero-order chi connectivity index (χ0) is 16.9. The lowest BCUT2D eigenvalue weighted by Crippen LogP contribution is -2.02. The van der Waals surface area contributed by atoms with Gasteiger partial charge >= 0.3 is 5.97 Å². The molecule has 0 aliphatic rings. The molecule has 2 heterocycles. The van der Waals surface area contributed by atoms with Crippen molar-refractivity contribution >= 4 is 16.9 Å². The fourth-order valence-electron chi connectivity index (χ4n) is 2.53. The molecule has 0 N–H and O–H groups in total. The van der Waals surface area contributed by atoms with E-state index in [2.05, 4.69) is 10.2 Å². The molecule has 0 fully saturated rings. The maximum Gasteiger partial charge on any atom is 0.330 e. The van der Waals surface area contributed by atoms with Crippen LogP contribution >= 0.6 is 0 Å². The quantitative estimate of drug-likeness (QED) is 0.513. The average molecular weight is 325 g/mol. The summed E-state index contributed by atoms with van der Waals surface area (Å²) in [6.45, 7) is 4.62. The highest BCUT2D eigenvalue weighted by Crippen LogP contribution is 2.27. The second-order valence-electron chi connectivity index (χ2n) is 5.21. The monoisotopic (exact) mass is 325 g/mol. The third kappa shape index (κ3) is 3.22. The average Bonchev–Trinajstić information content (AvgIpc) is 3.20. The van der Waals surface area contributed by atoms with Crippen LogP contribution in [0.25, 0.3) is 22.5 Å². The van der Waals surface area contributed by atoms with Crippen molar-refractivity contribution in [1.29, 1.82) is 0 Å². The third-order valence-electron chi connectivity index (χ3n) is 3.63. The number of hydrogen-bond acceptors (Lipinski definition) is 5. The molecule has 0 spiro atoms. The molecular formula is C18H19N3O3. The lowest BCUT2D eigenvalue weighted by Gasteiger charge is -2.05. The van der Waals surface area contributed by atoms with E-state index >= 15 is 0 Å². The van der Waals surface area contributed by atoms with Crippen LogP contribution in [0.5, 0.6) is 0 Å². The summed E-state index contributed by atoms with van der Waals surface area (Å²) in [5.74, 6) is 0.734. The van der Waals surface area contributed by atoms with Gasteiger partial charge in [0.15, 0.2) is 0 Å². The number of carbonyl (C=O) groups is 1. The topological polar surface area (TPSA) is 70.2 Å². The minimum atomic E-state index is -0.346. The van der Waals surface area contributed by atoms with E-state index in [1.165, 1.54) is 6.08 Å². The van der Waals surface area contributed by atoms with Crippen LogP contribution in [0.15, 0.2) is 46.9 Å². The Morgan fingerprint density at radius 3 is 2.88 bits per heavy atom. The summed E-state index contributed by atoms with van der Waals surface area (Å²) >= 11 is 0. The van der Waals surface area contributed by atoms with Crippen LogP contribution in [-0.4, -0.2) is 27.3 Å². The van der Waals surface area contributed by atoms with E-state index in [4.69, 9.17) is 9.15 Å². The standard InChI is InChI=1S/C18H19N3O3/c1-3-16-19-20-18(24-16)15-12-13-8-5-6-9-14(13)21(15)11-7-10-17(22)23-4-2/h5-10,12H,3-4,11H2,1-2H3/b10-7+. The van der Waals surface area contributed by atoms with Crippen molar-refractivity contribution in [3.8, 4) is 11.6 Å². The summed E-state index contributed by atoms with van der Waals surface area (Å²) in [5, 5.41) is 9.24. The normalized spacial score (nSPS) is 11.4. The highest BCUT2D eigenvalue weighted by atomic mass is 16.5. The number of nitrogens with zero attached hydrogens (tertiary/aromatic N) is 3. The van der Waals surface area contributed by atoms with Crippen molar-refractivity contribution in [1.82, 2.24) is 14.8 Å². The Morgan fingerprint density at radius 2 is 2.12 bits per heavy atom. The van der Waals surface area contributed by atoms with Gasteiger partial charge in [-0.1, -0.05) is 31.2 Å². The van der Waals surface area contributed by atoms with E-state index in [9.17, 15) is 4.79 Å². The number of ether oxygens (including phenoxy) is 1. The molecule has 24 heavy (non-hydrogen) atoms. The van der Waals surface area contributed by atoms with Crippen LogP contribution in [-0.2, 0) is 22.5 Å². The number of carbonyl (C=O) groups excluding carboxylic acids is 1. The van der Waals surface area contributed by atoms with Gasteiger partial charge in [0, 0.05) is 29.9 Å². The molecule has 0 radical (unpaired) electrons. The van der Waals surface area contributed by atoms with Crippen molar-refractivity contribution in [2.24, 2.45) is 0 Å². The predicted molar refractivity (Wildman–Crippen MR) is 90.4 cm³/mol. The van der Waals surface area contributed by atoms with Crippen molar-refractivity contribution in [3.05, 3.63) is 48.4 Å². The van der Waals surface area contributed by atoms with Gasteiger partial charge in [-0.05, 0) is 19.1 Å². The third-order valence-corrected chi connectivity index (χ3v) is 3.63. The molecule has 3 aromatic rings. The van der Waals surface area contributed by atoms with Gasteiger partial charge in [-0.25, -0.2) is 4.79 Å².